The molecule has 0 bridgehead atoms. The first-order valence-electron chi connectivity index (χ1n) is 4.86. The maximum Gasteiger partial charge on any atom is 0.325 e. The van der Waals surface area contributed by atoms with Gasteiger partial charge in [0.15, 0.2) is 0 Å². The minimum Gasteiger partial charge on any atom is -0.480 e. The Morgan fingerprint density at radius 1 is 1.47 bits per heavy atom. The normalized spacial score (nSPS) is 12.4. The first kappa shape index (κ1) is 12.2. The molecule has 1 rings (SSSR count). The Kier molecular flexibility index (Phi) is 4.78. The topological polar surface area (TPSA) is 49.3 Å². The Morgan fingerprint density at radius 3 is 2.53 bits per heavy atom. The molecule has 1 unspecified atom stereocenters. The third kappa shape index (κ3) is 3.64. The highest BCUT2D eigenvalue weighted by molar-refractivity contribution is 9.10. The molecule has 0 fully saturated rings. The first-order valence-corrected chi connectivity index (χ1v) is 5.66. The highest BCUT2D eigenvalue weighted by Gasteiger charge is 2.17. The smallest absolute Gasteiger partial charge is 0.325 e. The zero-order valence-electron chi connectivity index (χ0n) is 8.53. The number of carboxylic acids is 1. The first-order chi connectivity index (χ1) is 7.15. The van der Waals surface area contributed by atoms with Crippen LogP contribution >= 0.6 is 15.9 Å². The highest BCUT2D eigenvalue weighted by Crippen LogP contribution is 2.17. The van der Waals surface area contributed by atoms with Gasteiger partial charge < -0.3 is 10.4 Å². The van der Waals surface area contributed by atoms with Crippen LogP contribution in [0.4, 0.5) is 0 Å². The molecular formula is C11H14BrNO2. The van der Waals surface area contributed by atoms with Crippen LogP contribution in [-0.2, 0) is 4.79 Å². The second-order valence-corrected chi connectivity index (χ2v) is 4.19. The van der Waals surface area contributed by atoms with Crippen LogP contribution < -0.4 is 5.32 Å². The van der Waals surface area contributed by atoms with Crippen LogP contribution in [0.2, 0.25) is 0 Å². The van der Waals surface area contributed by atoms with Crippen molar-refractivity contribution < 1.29 is 9.90 Å². The van der Waals surface area contributed by atoms with Gasteiger partial charge in [-0.3, -0.25) is 4.79 Å². The number of hydrogen-bond acceptors (Lipinski definition) is 2. The number of halogens is 1. The van der Waals surface area contributed by atoms with Crippen molar-refractivity contribution in [1.82, 2.24) is 5.32 Å². The molecule has 3 nitrogen and oxygen atoms in total. The molecule has 1 aromatic carbocycles. The molecule has 0 amide bonds. The molecule has 4 heteroatoms. The van der Waals surface area contributed by atoms with Gasteiger partial charge in [-0.05, 0) is 30.7 Å². The Hall–Kier alpha value is -0.870. The number of nitrogens with one attached hydrogen (secondary N) is 1. The van der Waals surface area contributed by atoms with Crippen LogP contribution in [0.3, 0.4) is 0 Å². The van der Waals surface area contributed by atoms with Crippen LogP contribution in [-0.4, -0.2) is 17.6 Å². The predicted octanol–water partition coefficient (Wildman–Crippen LogP) is 2.57. The summed E-state index contributed by atoms with van der Waals surface area (Å²) in [5.41, 5.74) is 0.777. The molecule has 1 aromatic rings. The van der Waals surface area contributed by atoms with Gasteiger partial charge in [0.25, 0.3) is 0 Å². The number of aliphatic carboxylic acids is 1. The Balaban J connectivity index is 2.79. The van der Waals surface area contributed by atoms with Gasteiger partial charge in [0.05, 0.1) is 0 Å². The standard InChI is InChI=1S/C11H14BrNO2/c1-2-7-13-10(11(14)15)8-3-5-9(12)6-4-8/h3-6,10,13H,2,7H2,1H3,(H,14,15). The summed E-state index contributed by atoms with van der Waals surface area (Å²) in [5.74, 6) is -0.842. The summed E-state index contributed by atoms with van der Waals surface area (Å²) in [6.07, 6.45) is 0.917. The van der Waals surface area contributed by atoms with E-state index in [1.54, 1.807) is 0 Å². The lowest BCUT2D eigenvalue weighted by atomic mass is 10.1. The van der Waals surface area contributed by atoms with Crippen LogP contribution in [0.15, 0.2) is 28.7 Å². The maximum absolute atomic E-state index is 11.0. The molecule has 0 aromatic heterocycles. The minimum atomic E-state index is -0.842. The van der Waals surface area contributed by atoms with Crippen LogP contribution in [0.5, 0.6) is 0 Å². The average Bonchev–Trinajstić information content (AvgIpc) is 2.21. The van der Waals surface area contributed by atoms with Crippen LogP contribution in [0.1, 0.15) is 24.9 Å². The fourth-order valence-corrected chi connectivity index (χ4v) is 1.56. The molecule has 0 radical (unpaired) electrons. The van der Waals surface area contributed by atoms with Crippen LogP contribution in [0, 0.1) is 0 Å². The Bertz CT molecular complexity index is 324. The summed E-state index contributed by atoms with van der Waals surface area (Å²) < 4.78 is 0.950. The zero-order valence-corrected chi connectivity index (χ0v) is 10.1. The summed E-state index contributed by atoms with van der Waals surface area (Å²) in [4.78, 5) is 11.0. The lowest BCUT2D eigenvalue weighted by Crippen LogP contribution is -2.28. The highest BCUT2D eigenvalue weighted by atomic mass is 79.9. The van der Waals surface area contributed by atoms with E-state index < -0.39 is 12.0 Å². The molecule has 1 atom stereocenters. The van der Waals surface area contributed by atoms with E-state index in [-0.39, 0.29) is 0 Å². The van der Waals surface area contributed by atoms with Crippen molar-refractivity contribution in [3.8, 4) is 0 Å². The lowest BCUT2D eigenvalue weighted by molar-refractivity contribution is -0.139. The third-order valence-electron chi connectivity index (χ3n) is 2.05. The van der Waals surface area contributed by atoms with Crippen molar-refractivity contribution in [2.45, 2.75) is 19.4 Å². The number of hydrogen-bond donors (Lipinski definition) is 2. The van der Waals surface area contributed by atoms with Crippen molar-refractivity contribution in [2.24, 2.45) is 0 Å². The number of carboxylic acid groups (broad SMARTS) is 1. The molecule has 0 heterocycles. The monoisotopic (exact) mass is 271 g/mol. The molecular weight excluding hydrogens is 258 g/mol. The van der Waals surface area contributed by atoms with Gasteiger partial charge >= 0.3 is 5.97 Å². The predicted molar refractivity (Wildman–Crippen MR) is 62.8 cm³/mol. The number of benzene rings is 1. The van der Waals surface area contributed by atoms with E-state index in [2.05, 4.69) is 21.2 Å². The van der Waals surface area contributed by atoms with E-state index in [4.69, 9.17) is 5.11 Å². The molecule has 0 saturated carbocycles. The van der Waals surface area contributed by atoms with Crippen molar-refractivity contribution in [2.75, 3.05) is 6.54 Å². The minimum absolute atomic E-state index is 0.613. The summed E-state index contributed by atoms with van der Waals surface area (Å²) in [7, 11) is 0. The fourth-order valence-electron chi connectivity index (χ4n) is 1.29. The molecule has 0 spiro atoms. The van der Waals surface area contributed by atoms with Gasteiger partial charge in [-0.15, -0.1) is 0 Å². The van der Waals surface area contributed by atoms with Gasteiger partial charge in [-0.1, -0.05) is 35.0 Å². The summed E-state index contributed by atoms with van der Waals surface area (Å²) >= 11 is 3.32. The van der Waals surface area contributed by atoms with Crippen molar-refractivity contribution in [3.05, 3.63) is 34.3 Å². The van der Waals surface area contributed by atoms with Gasteiger partial charge in [0.1, 0.15) is 6.04 Å². The second kappa shape index (κ2) is 5.88. The molecule has 15 heavy (non-hydrogen) atoms. The van der Waals surface area contributed by atoms with E-state index in [1.165, 1.54) is 0 Å². The fraction of sp³-hybridized carbons (Fsp3) is 0.364. The van der Waals surface area contributed by atoms with E-state index in [0.717, 1.165) is 16.5 Å². The van der Waals surface area contributed by atoms with Gasteiger partial charge in [-0.2, -0.15) is 0 Å². The van der Waals surface area contributed by atoms with Gasteiger partial charge in [-0.25, -0.2) is 0 Å². The van der Waals surface area contributed by atoms with E-state index in [9.17, 15) is 4.79 Å². The molecule has 0 aliphatic carbocycles. The molecule has 0 aliphatic heterocycles. The molecule has 82 valence electrons. The summed E-state index contributed by atoms with van der Waals surface area (Å²) in [6.45, 7) is 2.71. The maximum atomic E-state index is 11.0. The Morgan fingerprint density at radius 2 is 2.07 bits per heavy atom. The van der Waals surface area contributed by atoms with Crippen molar-refractivity contribution >= 4 is 21.9 Å². The quantitative estimate of drug-likeness (QED) is 0.866. The SMILES string of the molecule is CCCNC(C(=O)O)c1ccc(Br)cc1. The lowest BCUT2D eigenvalue weighted by Gasteiger charge is -2.14. The van der Waals surface area contributed by atoms with Crippen LogP contribution in [0.25, 0.3) is 0 Å². The third-order valence-corrected chi connectivity index (χ3v) is 2.58. The average molecular weight is 272 g/mol. The summed E-state index contributed by atoms with van der Waals surface area (Å²) in [6, 6.07) is 6.70. The Labute approximate surface area is 97.6 Å². The van der Waals surface area contributed by atoms with E-state index in [1.807, 2.05) is 31.2 Å². The molecule has 2 N–H and O–H groups in total. The zero-order chi connectivity index (χ0) is 11.3. The summed E-state index contributed by atoms with van der Waals surface area (Å²) in [5, 5.41) is 12.0. The van der Waals surface area contributed by atoms with E-state index in [0.29, 0.717) is 6.54 Å². The van der Waals surface area contributed by atoms with Gasteiger partial charge in [0, 0.05) is 4.47 Å². The number of carbonyl (C=O) groups is 1. The van der Waals surface area contributed by atoms with E-state index >= 15 is 0 Å². The van der Waals surface area contributed by atoms with Gasteiger partial charge in [0.2, 0.25) is 0 Å². The molecule has 0 aliphatic rings. The second-order valence-electron chi connectivity index (χ2n) is 3.28. The van der Waals surface area contributed by atoms with Crippen molar-refractivity contribution in [3.63, 3.8) is 0 Å². The van der Waals surface area contributed by atoms with Crippen molar-refractivity contribution in [1.29, 1.82) is 0 Å². The molecule has 0 saturated heterocycles. The largest absolute Gasteiger partial charge is 0.480 e. The number of rotatable bonds is 5.